The number of anilines is 3. The molecule has 0 atom stereocenters. The van der Waals surface area contributed by atoms with E-state index < -0.39 is 0 Å². The van der Waals surface area contributed by atoms with Gasteiger partial charge < -0.3 is 4.57 Å². The van der Waals surface area contributed by atoms with Crippen molar-refractivity contribution in [2.45, 2.75) is 0 Å². The summed E-state index contributed by atoms with van der Waals surface area (Å²) < 4.78 is 7.93. The summed E-state index contributed by atoms with van der Waals surface area (Å²) in [7, 11) is 0. The van der Waals surface area contributed by atoms with Crippen molar-refractivity contribution in [2.75, 3.05) is 4.90 Å². The van der Waals surface area contributed by atoms with Crippen LogP contribution >= 0.6 is 11.3 Å². The predicted molar refractivity (Wildman–Crippen MR) is 251 cm³/mol. The third-order valence-electron chi connectivity index (χ3n) is 11.6. The molecule has 0 aliphatic carbocycles. The number of hydrogen-bond donors (Lipinski definition) is 0. The van der Waals surface area contributed by atoms with Crippen molar-refractivity contribution in [3.05, 3.63) is 206 Å². The average Bonchev–Trinajstić information content (AvgIpc) is 3.97. The van der Waals surface area contributed by atoms with Crippen molar-refractivity contribution in [3.63, 3.8) is 0 Å². The van der Waals surface area contributed by atoms with E-state index in [0.717, 1.165) is 11.4 Å². The molecule has 0 radical (unpaired) electrons. The first-order valence-corrected chi connectivity index (χ1v) is 22.2. The topological polar surface area (TPSA) is 8.17 Å². The molecule has 0 unspecified atom stereocenters. The molecule has 4 heteroatoms. The Balaban J connectivity index is 0.975. The molecule has 9 aromatic carbocycles. The van der Waals surface area contributed by atoms with Gasteiger partial charge in [-0.25, -0.2) is 0 Å². The van der Waals surface area contributed by atoms with Gasteiger partial charge in [0.1, 0.15) is 0 Å². The molecule has 3 heterocycles. The molecule has 0 spiro atoms. The molecule has 58 heavy (non-hydrogen) atoms. The van der Waals surface area contributed by atoms with Gasteiger partial charge in [-0.05, 0) is 35.9 Å². The van der Waals surface area contributed by atoms with Crippen LogP contribution in [0.2, 0.25) is 0 Å². The van der Waals surface area contributed by atoms with Gasteiger partial charge in [0, 0.05) is 16.5 Å². The standard InChI is InChI=1S/C54H34N2SSe/c1-2-11-39(12-3-1)56-47-16-7-4-13-42(47)43-31-25-37(33-49(43)56)35-21-27-40(28-22-35)55(48-17-10-19-51-54(48)46-15-5-8-18-50(46)57-51)41-29-23-36(24-30-41)38-26-32-45-44-14-6-9-20-52(44)58-53(45)34-38/h1-34H. The molecule has 0 aliphatic heterocycles. The van der Waals surface area contributed by atoms with E-state index in [0.29, 0.717) is 14.5 Å². The Morgan fingerprint density at radius 3 is 1.72 bits per heavy atom. The Kier molecular flexibility index (Phi) is 7.77. The van der Waals surface area contributed by atoms with E-state index >= 15 is 0 Å². The molecule has 0 fully saturated rings. The number of aromatic nitrogens is 1. The van der Waals surface area contributed by atoms with Gasteiger partial charge in [0.25, 0.3) is 0 Å². The van der Waals surface area contributed by atoms with Crippen LogP contribution in [0.4, 0.5) is 17.1 Å². The maximum Gasteiger partial charge on any atom is 0.0547 e. The molecule has 0 bridgehead atoms. The van der Waals surface area contributed by atoms with Gasteiger partial charge in [0.15, 0.2) is 0 Å². The largest absolute Gasteiger partial charge is 0.0602 e. The quantitative estimate of drug-likeness (QED) is 0.152. The number of hydrogen-bond acceptors (Lipinski definition) is 2. The van der Waals surface area contributed by atoms with E-state index in [2.05, 4.69) is 216 Å². The van der Waals surface area contributed by atoms with Gasteiger partial charge in [0.2, 0.25) is 0 Å². The van der Waals surface area contributed by atoms with E-state index in [1.54, 1.807) is 0 Å². The van der Waals surface area contributed by atoms with Crippen LogP contribution in [-0.2, 0) is 0 Å². The minimum atomic E-state index is 0.332. The second kappa shape index (κ2) is 13.5. The zero-order valence-corrected chi connectivity index (χ0v) is 33.9. The van der Waals surface area contributed by atoms with E-state index in [4.69, 9.17) is 0 Å². The summed E-state index contributed by atoms with van der Waals surface area (Å²) in [5.41, 5.74) is 11.9. The van der Waals surface area contributed by atoms with Crippen molar-refractivity contribution in [1.82, 2.24) is 4.57 Å². The van der Waals surface area contributed by atoms with Crippen molar-refractivity contribution in [1.29, 1.82) is 0 Å². The van der Waals surface area contributed by atoms with Gasteiger partial charge >= 0.3 is 219 Å². The van der Waals surface area contributed by atoms with Gasteiger partial charge in [-0.1, -0.05) is 60.7 Å². The Hall–Kier alpha value is -6.68. The van der Waals surface area contributed by atoms with E-state index in [9.17, 15) is 0 Å². The number of thiophene rings is 1. The van der Waals surface area contributed by atoms with Crippen molar-refractivity contribution in [2.24, 2.45) is 0 Å². The number of rotatable bonds is 6. The Labute approximate surface area is 345 Å². The number of fused-ring (bicyclic) bond motifs is 9. The molecule has 2 nitrogen and oxygen atoms in total. The fourth-order valence-corrected chi connectivity index (χ4v) is 12.4. The van der Waals surface area contributed by atoms with Crippen molar-refractivity contribution < 1.29 is 0 Å². The summed E-state index contributed by atoms with van der Waals surface area (Å²) >= 11 is 2.20. The van der Waals surface area contributed by atoms with Crippen LogP contribution in [0.3, 0.4) is 0 Å². The summed E-state index contributed by atoms with van der Waals surface area (Å²) in [4.78, 5) is 2.44. The number of nitrogens with zero attached hydrogens (tertiary/aromatic N) is 2. The molecule has 12 aromatic rings. The second-order valence-corrected chi connectivity index (χ2v) is 18.3. The Morgan fingerprint density at radius 2 is 0.948 bits per heavy atom. The smallest absolute Gasteiger partial charge is 0.0547 e. The summed E-state index contributed by atoms with van der Waals surface area (Å²) in [5.74, 6) is 0. The van der Waals surface area contributed by atoms with Gasteiger partial charge in [-0.15, -0.1) is 0 Å². The fourth-order valence-electron chi connectivity index (χ4n) is 8.89. The molecule has 0 saturated carbocycles. The predicted octanol–water partition coefficient (Wildman–Crippen LogP) is 15.3. The van der Waals surface area contributed by atoms with Crippen molar-refractivity contribution in [3.8, 4) is 27.9 Å². The Bertz CT molecular complexity index is 3500. The second-order valence-electron chi connectivity index (χ2n) is 14.9. The monoisotopic (exact) mass is 822 g/mol. The van der Waals surface area contributed by atoms with E-state index in [1.807, 2.05) is 11.3 Å². The number of benzene rings is 9. The zero-order chi connectivity index (χ0) is 38.2. The van der Waals surface area contributed by atoms with Crippen LogP contribution in [0.15, 0.2) is 206 Å². The summed E-state index contributed by atoms with van der Waals surface area (Å²) in [6.45, 7) is 0. The van der Waals surface area contributed by atoms with E-state index in [1.165, 1.54) is 94.9 Å². The van der Waals surface area contributed by atoms with Crippen LogP contribution in [-0.4, -0.2) is 19.1 Å². The third-order valence-corrected chi connectivity index (χ3v) is 15.1. The van der Waals surface area contributed by atoms with Crippen LogP contribution in [0.1, 0.15) is 0 Å². The Morgan fingerprint density at radius 1 is 0.379 bits per heavy atom. The molecular formula is C54H34N2SSe. The van der Waals surface area contributed by atoms with Gasteiger partial charge in [-0.3, -0.25) is 0 Å². The molecule has 0 saturated heterocycles. The van der Waals surface area contributed by atoms with Crippen LogP contribution in [0.5, 0.6) is 0 Å². The first-order chi connectivity index (χ1) is 28.7. The van der Waals surface area contributed by atoms with Crippen LogP contribution < -0.4 is 4.90 Å². The zero-order valence-electron chi connectivity index (χ0n) is 31.3. The molecule has 3 aromatic heterocycles. The average molecular weight is 822 g/mol. The summed E-state index contributed by atoms with van der Waals surface area (Å²) in [5, 5.41) is 7.89. The van der Waals surface area contributed by atoms with Crippen LogP contribution in [0, 0.1) is 0 Å². The van der Waals surface area contributed by atoms with Gasteiger partial charge in [-0.2, -0.15) is 0 Å². The normalized spacial score (nSPS) is 11.8. The van der Waals surface area contributed by atoms with E-state index in [-0.39, 0.29) is 0 Å². The maximum atomic E-state index is 2.44. The molecule has 0 amide bonds. The molecule has 12 rings (SSSR count). The minimum Gasteiger partial charge on any atom is -0.0602 e. The third kappa shape index (κ3) is 5.38. The molecule has 272 valence electrons. The SMILES string of the molecule is c1ccc(-n2c3ccccc3c3ccc(-c4ccc(N(c5ccc(-c6ccc7c(c6)[se]c6ccccc67)cc5)c5cccc6sc7ccccc7c56)cc4)cc32)cc1. The van der Waals surface area contributed by atoms with Gasteiger partial charge in [0.05, 0.1) is 11.0 Å². The van der Waals surface area contributed by atoms with Crippen molar-refractivity contribution >= 4 is 104 Å². The summed E-state index contributed by atoms with van der Waals surface area (Å²) in [6, 6.07) is 76.1. The number of para-hydroxylation sites is 2. The first-order valence-electron chi connectivity index (χ1n) is 19.7. The molecule has 0 N–H and O–H groups in total. The summed E-state index contributed by atoms with van der Waals surface area (Å²) in [6.07, 6.45) is 0. The molecular weight excluding hydrogens is 788 g/mol. The fraction of sp³-hybridized carbons (Fsp3) is 0. The molecule has 0 aliphatic rings. The first kappa shape index (κ1) is 33.5. The maximum absolute atomic E-state index is 2.44. The van der Waals surface area contributed by atoms with Crippen LogP contribution in [0.25, 0.3) is 89.2 Å². The minimum absolute atomic E-state index is 0.332.